The summed E-state index contributed by atoms with van der Waals surface area (Å²) in [5.41, 5.74) is 2.88. The Morgan fingerprint density at radius 3 is 2.77 bits per heavy atom. The quantitative estimate of drug-likeness (QED) is 0.415. The summed E-state index contributed by atoms with van der Waals surface area (Å²) >= 11 is 0. The van der Waals surface area contributed by atoms with Crippen molar-refractivity contribution in [2.75, 3.05) is 13.7 Å². The van der Waals surface area contributed by atoms with Gasteiger partial charge in [0.2, 0.25) is 0 Å². The lowest BCUT2D eigenvalue weighted by Crippen LogP contribution is -2.24. The molecule has 158 valence electrons. The lowest BCUT2D eigenvalue weighted by atomic mass is 10.0. The number of rotatable bonds is 7. The number of ether oxygens (including phenoxy) is 1. The van der Waals surface area contributed by atoms with Gasteiger partial charge in [0.25, 0.3) is 5.91 Å². The van der Waals surface area contributed by atoms with Crippen molar-refractivity contribution in [3.8, 4) is 28.3 Å². The molecule has 4 aromatic rings. The summed E-state index contributed by atoms with van der Waals surface area (Å²) in [5.74, 6) is 0.0318. The number of carbonyl (C=O) groups excluding carboxylic acids is 1. The molecule has 6 nitrogen and oxygen atoms in total. The number of aromatic nitrogens is 3. The van der Waals surface area contributed by atoms with E-state index in [1.54, 1.807) is 31.4 Å². The number of nitrogens with one attached hydrogen (secondary N) is 2. The van der Waals surface area contributed by atoms with Crippen LogP contribution in [0.3, 0.4) is 0 Å². The molecule has 0 aliphatic rings. The van der Waals surface area contributed by atoms with Gasteiger partial charge in [-0.15, -0.1) is 0 Å². The lowest BCUT2D eigenvalue weighted by Gasteiger charge is -2.10. The van der Waals surface area contributed by atoms with Crippen LogP contribution in [0.5, 0.6) is 5.75 Å². The molecule has 0 bridgehead atoms. The molecule has 0 aliphatic carbocycles. The van der Waals surface area contributed by atoms with Gasteiger partial charge in [-0.3, -0.25) is 9.89 Å². The zero-order valence-corrected chi connectivity index (χ0v) is 17.4. The topological polar surface area (TPSA) is 79.9 Å². The van der Waals surface area contributed by atoms with Gasteiger partial charge in [0, 0.05) is 17.7 Å². The summed E-state index contributed by atoms with van der Waals surface area (Å²) in [4.78, 5) is 17.6. The predicted octanol–water partition coefficient (Wildman–Crippen LogP) is 4.97. The third kappa shape index (κ3) is 4.12. The Bertz CT molecular complexity index is 1240. The van der Waals surface area contributed by atoms with Gasteiger partial charge in [-0.1, -0.05) is 37.6 Å². The van der Waals surface area contributed by atoms with Crippen LogP contribution in [0, 0.1) is 5.82 Å². The Labute approximate surface area is 179 Å². The number of hydrogen-bond acceptors (Lipinski definition) is 4. The molecule has 2 aromatic heterocycles. The van der Waals surface area contributed by atoms with E-state index < -0.39 is 5.82 Å². The molecule has 0 atom stereocenters. The number of methoxy groups -OCH3 is 1. The molecule has 7 heteroatoms. The maximum absolute atomic E-state index is 14.4. The fourth-order valence-electron chi connectivity index (χ4n) is 3.47. The number of pyridine rings is 1. The summed E-state index contributed by atoms with van der Waals surface area (Å²) in [7, 11) is 1.60. The Morgan fingerprint density at radius 2 is 2.00 bits per heavy atom. The number of aromatic amines is 1. The smallest absolute Gasteiger partial charge is 0.252 e. The first-order chi connectivity index (χ1) is 15.1. The number of amides is 1. The van der Waals surface area contributed by atoms with E-state index in [0.29, 0.717) is 45.8 Å². The molecule has 0 aliphatic heterocycles. The molecular formula is C24H23FN4O2. The van der Waals surface area contributed by atoms with Crippen molar-refractivity contribution in [2.24, 2.45) is 0 Å². The molecule has 2 N–H and O–H groups in total. The van der Waals surface area contributed by atoms with Gasteiger partial charge in [0.05, 0.1) is 29.4 Å². The fraction of sp³-hybridized carbons (Fsp3) is 0.208. The summed E-state index contributed by atoms with van der Waals surface area (Å²) in [6.07, 6.45) is 1.83. The first-order valence-electron chi connectivity index (χ1n) is 10.2. The number of hydrogen-bond donors (Lipinski definition) is 2. The summed E-state index contributed by atoms with van der Waals surface area (Å²) < 4.78 is 19.8. The second kappa shape index (κ2) is 8.95. The zero-order valence-electron chi connectivity index (χ0n) is 17.4. The summed E-state index contributed by atoms with van der Waals surface area (Å²) in [5, 5.41) is 10.9. The highest BCUT2D eigenvalue weighted by Gasteiger charge is 2.21. The number of fused-ring (bicyclic) bond motifs is 1. The van der Waals surface area contributed by atoms with Crippen LogP contribution in [0.15, 0.2) is 54.6 Å². The molecule has 0 spiro atoms. The minimum absolute atomic E-state index is 0.246. The number of H-pyrrole nitrogens is 1. The number of carbonyl (C=O) groups is 1. The van der Waals surface area contributed by atoms with E-state index in [2.05, 4.69) is 27.4 Å². The third-order valence-corrected chi connectivity index (χ3v) is 5.09. The van der Waals surface area contributed by atoms with Crippen molar-refractivity contribution in [3.63, 3.8) is 0 Å². The van der Waals surface area contributed by atoms with Gasteiger partial charge in [0.1, 0.15) is 11.6 Å². The van der Waals surface area contributed by atoms with Crippen LogP contribution in [0.1, 0.15) is 30.1 Å². The van der Waals surface area contributed by atoms with Gasteiger partial charge in [0.15, 0.2) is 5.65 Å². The van der Waals surface area contributed by atoms with E-state index in [1.807, 2.05) is 24.3 Å². The van der Waals surface area contributed by atoms with Crippen molar-refractivity contribution >= 4 is 16.9 Å². The number of benzene rings is 2. The van der Waals surface area contributed by atoms with Gasteiger partial charge < -0.3 is 10.1 Å². The van der Waals surface area contributed by atoms with Crippen molar-refractivity contribution in [1.82, 2.24) is 20.5 Å². The number of nitrogens with zero attached hydrogens (tertiary/aromatic N) is 2. The molecule has 2 aromatic carbocycles. The maximum atomic E-state index is 14.4. The average Bonchev–Trinajstić information content (AvgIpc) is 3.23. The van der Waals surface area contributed by atoms with Crippen molar-refractivity contribution in [1.29, 1.82) is 0 Å². The van der Waals surface area contributed by atoms with E-state index in [-0.39, 0.29) is 5.91 Å². The predicted molar refractivity (Wildman–Crippen MR) is 119 cm³/mol. The second-order valence-corrected chi connectivity index (χ2v) is 7.17. The molecule has 0 radical (unpaired) electrons. The van der Waals surface area contributed by atoms with Crippen LogP contribution in [-0.2, 0) is 0 Å². The van der Waals surface area contributed by atoms with E-state index >= 15 is 0 Å². The van der Waals surface area contributed by atoms with Gasteiger partial charge >= 0.3 is 0 Å². The maximum Gasteiger partial charge on any atom is 0.252 e. The second-order valence-electron chi connectivity index (χ2n) is 7.17. The van der Waals surface area contributed by atoms with Crippen LogP contribution < -0.4 is 10.1 Å². The first kappa shape index (κ1) is 20.5. The highest BCUT2D eigenvalue weighted by molar-refractivity contribution is 6.11. The molecule has 31 heavy (non-hydrogen) atoms. The Kier molecular flexibility index (Phi) is 5.93. The third-order valence-electron chi connectivity index (χ3n) is 5.09. The van der Waals surface area contributed by atoms with Crippen LogP contribution >= 0.6 is 0 Å². The molecule has 0 saturated carbocycles. The fourth-order valence-corrected chi connectivity index (χ4v) is 3.47. The molecule has 2 heterocycles. The normalized spacial score (nSPS) is 10.9. The average molecular weight is 418 g/mol. The van der Waals surface area contributed by atoms with Crippen molar-refractivity contribution < 1.29 is 13.9 Å². The van der Waals surface area contributed by atoms with Crippen LogP contribution in [0.2, 0.25) is 0 Å². The molecule has 0 saturated heterocycles. The largest absolute Gasteiger partial charge is 0.497 e. The molecule has 0 fully saturated rings. The Morgan fingerprint density at radius 1 is 1.16 bits per heavy atom. The standard InChI is InChI=1S/C24H23FN4O2/c1-3-4-12-26-24(30)18-14-20(17-10-5-6-11-19(17)25)27-23-21(18)22(28-29-23)15-8-7-9-16(13-15)31-2/h5-11,13-14H,3-4,12H2,1-2H3,(H,26,30)(H,27,28,29). The summed E-state index contributed by atoms with van der Waals surface area (Å²) in [6.45, 7) is 2.62. The van der Waals surface area contributed by atoms with E-state index in [0.717, 1.165) is 18.4 Å². The Balaban J connectivity index is 1.90. The first-order valence-corrected chi connectivity index (χ1v) is 10.2. The molecule has 1 amide bonds. The van der Waals surface area contributed by atoms with Gasteiger partial charge in [-0.05, 0) is 36.8 Å². The zero-order chi connectivity index (χ0) is 21.8. The van der Waals surface area contributed by atoms with Gasteiger partial charge in [-0.25, -0.2) is 9.37 Å². The highest BCUT2D eigenvalue weighted by atomic mass is 19.1. The lowest BCUT2D eigenvalue weighted by molar-refractivity contribution is 0.0955. The van der Waals surface area contributed by atoms with E-state index in [4.69, 9.17) is 4.74 Å². The van der Waals surface area contributed by atoms with Crippen molar-refractivity contribution in [2.45, 2.75) is 19.8 Å². The number of unbranched alkanes of at least 4 members (excludes halogenated alkanes) is 1. The minimum Gasteiger partial charge on any atom is -0.497 e. The highest BCUT2D eigenvalue weighted by Crippen LogP contribution is 2.33. The minimum atomic E-state index is -0.407. The molecule has 0 unspecified atom stereocenters. The van der Waals surface area contributed by atoms with Crippen molar-refractivity contribution in [3.05, 3.63) is 66.0 Å². The van der Waals surface area contributed by atoms with E-state index in [1.165, 1.54) is 6.07 Å². The van der Waals surface area contributed by atoms with Crippen LogP contribution in [0.4, 0.5) is 4.39 Å². The molecular weight excluding hydrogens is 395 g/mol. The SMILES string of the molecule is CCCCNC(=O)c1cc(-c2ccccc2F)nc2n[nH]c(-c3cccc(OC)c3)c12. The summed E-state index contributed by atoms with van der Waals surface area (Å²) in [6, 6.07) is 15.4. The monoisotopic (exact) mass is 418 g/mol. The van der Waals surface area contributed by atoms with E-state index in [9.17, 15) is 9.18 Å². The molecule has 4 rings (SSSR count). The van der Waals surface area contributed by atoms with Crippen LogP contribution in [0.25, 0.3) is 33.5 Å². The van der Waals surface area contributed by atoms with Gasteiger partial charge in [-0.2, -0.15) is 5.10 Å². The Hall–Kier alpha value is -3.74. The van der Waals surface area contributed by atoms with Crippen LogP contribution in [-0.4, -0.2) is 34.7 Å². The number of halogens is 1.